The van der Waals surface area contributed by atoms with Gasteiger partial charge in [-0.15, -0.1) is 0 Å². The summed E-state index contributed by atoms with van der Waals surface area (Å²) >= 11 is 2.02. The van der Waals surface area contributed by atoms with Crippen molar-refractivity contribution in [2.24, 2.45) is 5.92 Å². The fourth-order valence-electron chi connectivity index (χ4n) is 1.41. The van der Waals surface area contributed by atoms with Crippen LogP contribution >= 0.6 is 23.0 Å². The highest BCUT2D eigenvalue weighted by Gasteiger charge is 2.20. The Hall–Kier alpha value is 0.690. The second-order valence-electron chi connectivity index (χ2n) is 2.89. The predicted octanol–water partition coefficient (Wildman–Crippen LogP) is 2.93. The number of hydrogen-bond acceptors (Lipinski definition) is 1. The fourth-order valence-corrected chi connectivity index (χ4v) is 2.17. The first-order valence-corrected chi connectivity index (χ1v) is 4.50. The zero-order valence-corrected chi connectivity index (χ0v) is 7.93. The lowest BCUT2D eigenvalue weighted by molar-refractivity contribution is 0.150. The van der Waals surface area contributed by atoms with E-state index >= 15 is 0 Å². The molecule has 1 fully saturated rings. The van der Waals surface area contributed by atoms with E-state index < -0.39 is 0 Å². The molecule has 0 saturated heterocycles. The minimum atomic E-state index is 0.541. The van der Waals surface area contributed by atoms with Crippen molar-refractivity contribution >= 4 is 23.0 Å². The first kappa shape index (κ1) is 7.79. The molecular weight excluding hydrogens is 227 g/mol. The van der Waals surface area contributed by atoms with Gasteiger partial charge in [0.25, 0.3) is 0 Å². The van der Waals surface area contributed by atoms with Crippen LogP contribution in [0.3, 0.4) is 0 Å². The van der Waals surface area contributed by atoms with Crippen LogP contribution in [0.5, 0.6) is 0 Å². The van der Waals surface area contributed by atoms with E-state index in [1.165, 1.54) is 25.7 Å². The molecule has 0 radical (unpaired) electrons. The lowest BCUT2D eigenvalue weighted by Gasteiger charge is -2.25. The van der Waals surface area contributed by atoms with Gasteiger partial charge in [-0.3, -0.25) is 0 Å². The molecule has 1 nitrogen and oxygen atoms in total. The molecule has 0 amide bonds. The van der Waals surface area contributed by atoms with Gasteiger partial charge in [-0.1, -0.05) is 19.8 Å². The van der Waals surface area contributed by atoms with Crippen LogP contribution in [-0.4, -0.2) is 6.10 Å². The van der Waals surface area contributed by atoms with Crippen LogP contribution in [0.1, 0.15) is 32.6 Å². The van der Waals surface area contributed by atoms with Crippen molar-refractivity contribution in [1.82, 2.24) is 0 Å². The van der Waals surface area contributed by atoms with Crippen LogP contribution in [0.2, 0.25) is 0 Å². The van der Waals surface area contributed by atoms with Gasteiger partial charge in [-0.25, -0.2) is 0 Å². The minimum Gasteiger partial charge on any atom is -0.312 e. The van der Waals surface area contributed by atoms with Crippen molar-refractivity contribution in [2.75, 3.05) is 0 Å². The number of hydrogen-bond donors (Lipinski definition) is 0. The Balaban J connectivity index is 2.30. The maximum absolute atomic E-state index is 5.27. The Labute approximate surface area is 70.9 Å². The summed E-state index contributed by atoms with van der Waals surface area (Å²) in [6.07, 6.45) is 5.92. The van der Waals surface area contributed by atoms with Crippen molar-refractivity contribution in [3.05, 3.63) is 0 Å². The Bertz CT molecular complexity index is 85.0. The largest absolute Gasteiger partial charge is 0.312 e. The van der Waals surface area contributed by atoms with Crippen LogP contribution in [-0.2, 0) is 3.07 Å². The maximum Gasteiger partial charge on any atom is 0.110 e. The third-order valence-electron chi connectivity index (χ3n) is 2.15. The van der Waals surface area contributed by atoms with Crippen LogP contribution in [0.15, 0.2) is 0 Å². The van der Waals surface area contributed by atoms with Crippen molar-refractivity contribution in [1.29, 1.82) is 0 Å². The molecule has 1 aliphatic carbocycles. The SMILES string of the molecule is C[C@H]1CCCCC1OI. The molecule has 0 heterocycles. The summed E-state index contributed by atoms with van der Waals surface area (Å²) in [4.78, 5) is 0. The van der Waals surface area contributed by atoms with Crippen molar-refractivity contribution in [3.63, 3.8) is 0 Å². The second-order valence-corrected chi connectivity index (χ2v) is 3.40. The second kappa shape index (κ2) is 3.76. The summed E-state index contributed by atoms with van der Waals surface area (Å²) in [6.45, 7) is 2.28. The van der Waals surface area contributed by atoms with Gasteiger partial charge in [-0.2, -0.15) is 0 Å². The molecule has 0 aliphatic heterocycles. The Morgan fingerprint density at radius 3 is 2.44 bits per heavy atom. The van der Waals surface area contributed by atoms with Gasteiger partial charge in [-0.05, 0) is 18.8 Å². The highest BCUT2D eigenvalue weighted by atomic mass is 127. The van der Waals surface area contributed by atoms with Crippen molar-refractivity contribution in [3.8, 4) is 0 Å². The molecule has 0 spiro atoms. The van der Waals surface area contributed by atoms with Gasteiger partial charge in [0.1, 0.15) is 23.0 Å². The summed E-state index contributed by atoms with van der Waals surface area (Å²) in [5.41, 5.74) is 0. The average Bonchev–Trinajstić information content (AvgIpc) is 1.89. The Morgan fingerprint density at radius 1 is 1.33 bits per heavy atom. The topological polar surface area (TPSA) is 9.23 Å². The summed E-state index contributed by atoms with van der Waals surface area (Å²) < 4.78 is 5.27. The summed E-state index contributed by atoms with van der Waals surface area (Å²) in [6, 6.07) is 0. The van der Waals surface area contributed by atoms with Gasteiger partial charge in [0.15, 0.2) is 0 Å². The van der Waals surface area contributed by atoms with E-state index in [-0.39, 0.29) is 0 Å². The molecule has 54 valence electrons. The van der Waals surface area contributed by atoms with E-state index in [1.807, 2.05) is 23.0 Å². The lowest BCUT2D eigenvalue weighted by atomic mass is 9.88. The molecule has 0 bridgehead atoms. The molecule has 0 aromatic heterocycles. The smallest absolute Gasteiger partial charge is 0.110 e. The number of halogens is 1. The standard InChI is InChI=1S/C7H13IO/c1-6-4-2-3-5-7(6)9-8/h6-7H,2-5H2,1H3/t6-,7?/m0/s1. The van der Waals surface area contributed by atoms with Crippen LogP contribution in [0.25, 0.3) is 0 Å². The first-order valence-electron chi connectivity index (χ1n) is 3.62. The summed E-state index contributed by atoms with van der Waals surface area (Å²) in [7, 11) is 0. The summed E-state index contributed by atoms with van der Waals surface area (Å²) in [5, 5.41) is 0. The average molecular weight is 240 g/mol. The zero-order valence-electron chi connectivity index (χ0n) is 5.77. The minimum absolute atomic E-state index is 0.541. The van der Waals surface area contributed by atoms with E-state index in [0.29, 0.717) is 6.10 Å². The summed E-state index contributed by atoms with van der Waals surface area (Å²) in [5.74, 6) is 0.788. The Morgan fingerprint density at radius 2 is 2.00 bits per heavy atom. The molecular formula is C7H13IO. The molecule has 0 aromatic rings. The molecule has 1 aliphatic rings. The molecule has 1 saturated carbocycles. The van der Waals surface area contributed by atoms with E-state index in [9.17, 15) is 0 Å². The van der Waals surface area contributed by atoms with Gasteiger partial charge in [0.05, 0.1) is 6.10 Å². The van der Waals surface area contributed by atoms with Gasteiger partial charge in [0.2, 0.25) is 0 Å². The zero-order chi connectivity index (χ0) is 6.69. The lowest BCUT2D eigenvalue weighted by Crippen LogP contribution is -2.22. The quantitative estimate of drug-likeness (QED) is 0.640. The Kier molecular flexibility index (Phi) is 3.26. The molecule has 2 heteroatoms. The highest BCUT2D eigenvalue weighted by molar-refractivity contribution is 14.1. The molecule has 0 N–H and O–H groups in total. The molecule has 2 atom stereocenters. The normalized spacial score (nSPS) is 36.7. The van der Waals surface area contributed by atoms with E-state index in [0.717, 1.165) is 5.92 Å². The van der Waals surface area contributed by atoms with Crippen molar-refractivity contribution < 1.29 is 3.07 Å². The molecule has 0 aromatic carbocycles. The maximum atomic E-state index is 5.27. The molecule has 1 unspecified atom stereocenters. The first-order chi connectivity index (χ1) is 4.34. The van der Waals surface area contributed by atoms with Gasteiger partial charge >= 0.3 is 0 Å². The third-order valence-corrected chi connectivity index (χ3v) is 2.80. The van der Waals surface area contributed by atoms with Gasteiger partial charge in [0, 0.05) is 0 Å². The van der Waals surface area contributed by atoms with E-state index in [4.69, 9.17) is 3.07 Å². The molecule has 9 heavy (non-hydrogen) atoms. The van der Waals surface area contributed by atoms with Crippen LogP contribution in [0.4, 0.5) is 0 Å². The third kappa shape index (κ3) is 2.08. The van der Waals surface area contributed by atoms with E-state index in [1.54, 1.807) is 0 Å². The fraction of sp³-hybridized carbons (Fsp3) is 1.00. The molecule has 1 rings (SSSR count). The van der Waals surface area contributed by atoms with Crippen LogP contribution in [0, 0.1) is 5.92 Å². The van der Waals surface area contributed by atoms with Gasteiger partial charge < -0.3 is 3.07 Å². The number of rotatable bonds is 1. The van der Waals surface area contributed by atoms with Crippen LogP contribution < -0.4 is 0 Å². The van der Waals surface area contributed by atoms with E-state index in [2.05, 4.69) is 6.92 Å². The highest BCUT2D eigenvalue weighted by Crippen LogP contribution is 2.27. The van der Waals surface area contributed by atoms with Crippen molar-refractivity contribution in [2.45, 2.75) is 38.7 Å². The monoisotopic (exact) mass is 240 g/mol. The predicted molar refractivity (Wildman–Crippen MR) is 46.5 cm³/mol.